The molecule has 10 nitrogen and oxygen atoms in total. The molecule has 3 N–H and O–H groups in total. The average Bonchev–Trinajstić information content (AvgIpc) is 2.87. The van der Waals surface area contributed by atoms with Gasteiger partial charge < -0.3 is 20.6 Å². The summed E-state index contributed by atoms with van der Waals surface area (Å²) in [5.41, 5.74) is 2.22. The van der Waals surface area contributed by atoms with Gasteiger partial charge in [-0.1, -0.05) is 6.07 Å². The first kappa shape index (κ1) is 29.1. The molecule has 0 aromatic carbocycles. The van der Waals surface area contributed by atoms with E-state index in [4.69, 9.17) is 4.98 Å². The highest BCUT2D eigenvalue weighted by molar-refractivity contribution is 5.78. The third-order valence-electron chi connectivity index (χ3n) is 6.23. The van der Waals surface area contributed by atoms with Gasteiger partial charge in [-0.05, 0) is 62.8 Å². The predicted octanol–water partition coefficient (Wildman–Crippen LogP) is 2.92. The number of fused-ring (bicyclic) bond motifs is 1. The van der Waals surface area contributed by atoms with Crippen molar-refractivity contribution in [1.82, 2.24) is 24.8 Å². The Balaban J connectivity index is 1.56. The second-order valence-corrected chi connectivity index (χ2v) is 9.45. The molecular formula is C25H34F3N7O3. The highest BCUT2D eigenvalue weighted by Gasteiger charge is 2.35. The van der Waals surface area contributed by atoms with E-state index in [1.54, 1.807) is 14.1 Å². The monoisotopic (exact) mass is 537 g/mol. The normalized spacial score (nSPS) is 13.9. The summed E-state index contributed by atoms with van der Waals surface area (Å²) in [7, 11) is 3.29. The Labute approximate surface area is 219 Å². The molecule has 0 bridgehead atoms. The Hall–Kier alpha value is -3.48. The van der Waals surface area contributed by atoms with Crippen molar-refractivity contribution in [1.29, 1.82) is 0 Å². The zero-order valence-electron chi connectivity index (χ0n) is 21.6. The van der Waals surface area contributed by atoms with Crippen LogP contribution in [-0.2, 0) is 28.6 Å². The number of carbonyl (C=O) groups is 2. The molecule has 1 aliphatic heterocycles. The van der Waals surface area contributed by atoms with Crippen LogP contribution in [0.2, 0.25) is 0 Å². The summed E-state index contributed by atoms with van der Waals surface area (Å²) in [6.07, 6.45) is 0.730. The number of aliphatic carboxylic acids is 1. The van der Waals surface area contributed by atoms with Crippen molar-refractivity contribution in [3.63, 3.8) is 0 Å². The van der Waals surface area contributed by atoms with Crippen LogP contribution in [0, 0.1) is 0 Å². The van der Waals surface area contributed by atoms with Crippen LogP contribution in [0.5, 0.6) is 0 Å². The van der Waals surface area contributed by atoms with Crippen LogP contribution in [0.25, 0.3) is 0 Å². The van der Waals surface area contributed by atoms with E-state index in [9.17, 15) is 27.9 Å². The van der Waals surface area contributed by atoms with Gasteiger partial charge in [-0.2, -0.15) is 13.2 Å². The van der Waals surface area contributed by atoms with Crippen molar-refractivity contribution in [3.05, 3.63) is 41.5 Å². The summed E-state index contributed by atoms with van der Waals surface area (Å²) in [5, 5.41) is 15.5. The highest BCUT2D eigenvalue weighted by Crippen LogP contribution is 2.26. The van der Waals surface area contributed by atoms with Crippen molar-refractivity contribution >= 4 is 23.5 Å². The summed E-state index contributed by atoms with van der Waals surface area (Å²) in [6, 6.07) is 4.14. The second-order valence-electron chi connectivity index (χ2n) is 9.45. The molecule has 0 saturated heterocycles. The molecule has 0 spiro atoms. The minimum atomic E-state index is -4.75. The van der Waals surface area contributed by atoms with Crippen molar-refractivity contribution in [2.24, 2.45) is 0 Å². The van der Waals surface area contributed by atoms with Gasteiger partial charge in [0.25, 0.3) is 0 Å². The number of likely N-dealkylation sites (N-methyl/N-ethyl adjacent to an activating group) is 1. The molecule has 208 valence electrons. The van der Waals surface area contributed by atoms with Gasteiger partial charge >= 0.3 is 12.1 Å². The number of hydrogen-bond acceptors (Lipinski definition) is 8. The smallest absolute Gasteiger partial charge is 0.451 e. The summed E-state index contributed by atoms with van der Waals surface area (Å²) in [4.78, 5) is 38.8. The number of carboxylic acids is 1. The molecule has 38 heavy (non-hydrogen) atoms. The average molecular weight is 538 g/mol. The lowest BCUT2D eigenvalue weighted by Gasteiger charge is -2.25. The molecule has 1 aliphatic rings. The van der Waals surface area contributed by atoms with Gasteiger partial charge in [0.15, 0.2) is 0 Å². The van der Waals surface area contributed by atoms with Crippen LogP contribution in [0.3, 0.4) is 0 Å². The van der Waals surface area contributed by atoms with Crippen LogP contribution in [-0.4, -0.2) is 88.1 Å². The van der Waals surface area contributed by atoms with Crippen LogP contribution in [0.15, 0.2) is 24.4 Å². The molecule has 0 saturated carbocycles. The maximum absolute atomic E-state index is 12.9. The molecule has 3 heterocycles. The summed E-state index contributed by atoms with van der Waals surface area (Å²) in [5.74, 6) is -2.00. The van der Waals surface area contributed by atoms with Crippen molar-refractivity contribution in [2.75, 3.05) is 50.9 Å². The molecule has 0 radical (unpaired) electrons. The van der Waals surface area contributed by atoms with Gasteiger partial charge in [0, 0.05) is 39.1 Å². The molecule has 0 unspecified atom stereocenters. The van der Waals surface area contributed by atoms with E-state index < -0.39 is 24.0 Å². The molecule has 1 amide bonds. The maximum atomic E-state index is 12.9. The number of pyridine rings is 1. The third kappa shape index (κ3) is 8.82. The van der Waals surface area contributed by atoms with Crippen molar-refractivity contribution < 1.29 is 27.9 Å². The molecule has 13 heteroatoms. The fourth-order valence-electron chi connectivity index (χ4n) is 4.08. The van der Waals surface area contributed by atoms with Crippen LogP contribution >= 0.6 is 0 Å². The Morgan fingerprint density at radius 3 is 2.66 bits per heavy atom. The van der Waals surface area contributed by atoms with E-state index in [2.05, 4.69) is 26.7 Å². The fraction of sp³-hybridized carbons (Fsp3) is 0.560. The number of aromatic nitrogens is 3. The van der Waals surface area contributed by atoms with Crippen molar-refractivity contribution in [2.45, 2.75) is 50.7 Å². The number of alkyl halides is 3. The van der Waals surface area contributed by atoms with E-state index in [0.717, 1.165) is 56.4 Å². The standard InChI is InChI=1S/C25H34F3N7O3/c1-34(2)21(36)16-35(14-4-3-7-18-9-8-17-6-5-12-29-22(17)31-18)15-11-19(23(37)38)32-20-10-13-30-24(33-20)25(26,27)28/h8-10,13,19H,3-7,11-12,14-16H2,1-2H3,(H,29,31)(H,37,38)(H,30,32,33)/t19-/m0/s1. The molecule has 0 fully saturated rings. The summed E-state index contributed by atoms with van der Waals surface area (Å²) < 4.78 is 38.7. The largest absolute Gasteiger partial charge is 0.480 e. The number of rotatable bonds is 13. The summed E-state index contributed by atoms with van der Waals surface area (Å²) in [6.45, 7) is 1.83. The number of unbranched alkanes of at least 4 members (excludes halogenated alkanes) is 1. The first-order valence-corrected chi connectivity index (χ1v) is 12.6. The molecule has 2 aromatic rings. The fourth-order valence-corrected chi connectivity index (χ4v) is 4.08. The Kier molecular flexibility index (Phi) is 10.2. The number of aryl methyl sites for hydroxylation is 2. The minimum absolute atomic E-state index is 0.0550. The van der Waals surface area contributed by atoms with E-state index in [0.29, 0.717) is 6.54 Å². The van der Waals surface area contributed by atoms with E-state index in [-0.39, 0.29) is 31.2 Å². The number of hydrogen-bond donors (Lipinski definition) is 3. The lowest BCUT2D eigenvalue weighted by molar-refractivity contribution is -0.144. The van der Waals surface area contributed by atoms with E-state index >= 15 is 0 Å². The number of carboxylic acid groups (broad SMARTS) is 1. The molecule has 3 rings (SSSR count). The van der Waals surface area contributed by atoms with Gasteiger partial charge in [0.1, 0.15) is 17.7 Å². The van der Waals surface area contributed by atoms with Gasteiger partial charge in [0.05, 0.1) is 6.54 Å². The van der Waals surface area contributed by atoms with Crippen LogP contribution in [0.4, 0.5) is 24.8 Å². The first-order chi connectivity index (χ1) is 18.0. The zero-order chi connectivity index (χ0) is 27.7. The van der Waals surface area contributed by atoms with Crippen LogP contribution in [0.1, 0.15) is 42.8 Å². The zero-order valence-corrected chi connectivity index (χ0v) is 21.6. The van der Waals surface area contributed by atoms with E-state index in [1.165, 1.54) is 16.5 Å². The Morgan fingerprint density at radius 1 is 1.16 bits per heavy atom. The number of carbonyl (C=O) groups excluding carboxylic acids is 1. The minimum Gasteiger partial charge on any atom is -0.480 e. The molecule has 2 aromatic heterocycles. The molecular weight excluding hydrogens is 503 g/mol. The SMILES string of the molecule is CN(C)C(=O)CN(CCCCc1ccc2c(n1)NCCC2)CC[C@H](Nc1ccnc(C(F)(F)F)n1)C(=O)O. The summed E-state index contributed by atoms with van der Waals surface area (Å²) >= 11 is 0. The van der Waals surface area contributed by atoms with Gasteiger partial charge in [-0.15, -0.1) is 0 Å². The number of halogens is 3. The quantitative estimate of drug-likeness (QED) is 0.331. The number of anilines is 2. The predicted molar refractivity (Wildman–Crippen MR) is 136 cm³/mol. The van der Waals surface area contributed by atoms with Crippen LogP contribution < -0.4 is 10.6 Å². The number of nitrogens with zero attached hydrogens (tertiary/aromatic N) is 5. The van der Waals surface area contributed by atoms with Gasteiger partial charge in [-0.3, -0.25) is 9.69 Å². The number of amides is 1. The lowest BCUT2D eigenvalue weighted by Crippen LogP contribution is -2.40. The Morgan fingerprint density at radius 2 is 1.95 bits per heavy atom. The third-order valence-corrected chi connectivity index (χ3v) is 6.23. The number of nitrogens with one attached hydrogen (secondary N) is 2. The highest BCUT2D eigenvalue weighted by atomic mass is 19.4. The van der Waals surface area contributed by atoms with Crippen molar-refractivity contribution in [3.8, 4) is 0 Å². The van der Waals surface area contributed by atoms with E-state index in [1.807, 2.05) is 11.0 Å². The maximum Gasteiger partial charge on any atom is 0.451 e. The molecule has 0 aliphatic carbocycles. The van der Waals surface area contributed by atoms with Gasteiger partial charge in [-0.25, -0.2) is 19.7 Å². The second kappa shape index (κ2) is 13.4. The Bertz CT molecular complexity index is 1100. The lowest BCUT2D eigenvalue weighted by atomic mass is 10.1. The van der Waals surface area contributed by atoms with Gasteiger partial charge in [0.2, 0.25) is 11.7 Å². The topological polar surface area (TPSA) is 124 Å². The first-order valence-electron chi connectivity index (χ1n) is 12.6. The molecule has 1 atom stereocenters.